The third kappa shape index (κ3) is 6.29. The lowest BCUT2D eigenvalue weighted by atomic mass is 10.1. The van der Waals surface area contributed by atoms with Gasteiger partial charge in [-0.15, -0.1) is 0 Å². The van der Waals surface area contributed by atoms with Crippen LogP contribution in [0.1, 0.15) is 50.2 Å². The van der Waals surface area contributed by atoms with Crippen molar-refractivity contribution < 1.29 is 18.7 Å². The Kier molecular flexibility index (Phi) is 8.04. The number of nitrogens with zero attached hydrogens (tertiary/aromatic N) is 1. The fourth-order valence-electron chi connectivity index (χ4n) is 4.09. The number of nitrogens with one attached hydrogen (secondary N) is 1. The van der Waals surface area contributed by atoms with Crippen molar-refractivity contribution in [2.75, 3.05) is 7.11 Å². The molecule has 0 spiro atoms. The maximum atomic E-state index is 13.4. The number of ether oxygens (including phenoxy) is 1. The predicted octanol–water partition coefficient (Wildman–Crippen LogP) is 4.24. The first-order chi connectivity index (χ1) is 15.0. The van der Waals surface area contributed by atoms with Gasteiger partial charge in [-0.05, 0) is 54.7 Å². The topological polar surface area (TPSA) is 58.6 Å². The monoisotopic (exact) mass is 426 g/mol. The van der Waals surface area contributed by atoms with Crippen molar-refractivity contribution in [3.05, 3.63) is 65.5 Å². The SMILES string of the molecule is CC[C@H](C(=O)NC1CCCC1)N(Cc1ccc(F)cc1)C(=O)Cc1ccc(OC)cc1. The molecule has 0 aliphatic heterocycles. The molecule has 0 bridgehead atoms. The minimum absolute atomic E-state index is 0.111. The summed E-state index contributed by atoms with van der Waals surface area (Å²) in [5.74, 6) is 0.148. The third-order valence-electron chi connectivity index (χ3n) is 5.87. The van der Waals surface area contributed by atoms with Gasteiger partial charge in [-0.3, -0.25) is 9.59 Å². The van der Waals surface area contributed by atoms with E-state index in [0.29, 0.717) is 6.42 Å². The van der Waals surface area contributed by atoms with Gasteiger partial charge in [-0.1, -0.05) is 44.0 Å². The molecule has 1 fully saturated rings. The molecule has 5 nitrogen and oxygen atoms in total. The van der Waals surface area contributed by atoms with Gasteiger partial charge in [-0.25, -0.2) is 4.39 Å². The maximum Gasteiger partial charge on any atom is 0.243 e. The van der Waals surface area contributed by atoms with Crippen LogP contribution in [0.2, 0.25) is 0 Å². The van der Waals surface area contributed by atoms with E-state index in [1.54, 1.807) is 24.1 Å². The number of rotatable bonds is 9. The second-order valence-electron chi connectivity index (χ2n) is 8.09. The maximum absolute atomic E-state index is 13.4. The molecule has 2 aromatic carbocycles. The van der Waals surface area contributed by atoms with E-state index in [4.69, 9.17) is 4.74 Å². The Hall–Kier alpha value is -2.89. The van der Waals surface area contributed by atoms with Crippen LogP contribution >= 0.6 is 0 Å². The zero-order valence-electron chi connectivity index (χ0n) is 18.3. The van der Waals surface area contributed by atoms with Crippen LogP contribution < -0.4 is 10.1 Å². The molecule has 1 aliphatic carbocycles. The van der Waals surface area contributed by atoms with Gasteiger partial charge in [0.1, 0.15) is 17.6 Å². The second kappa shape index (κ2) is 10.9. The molecule has 3 rings (SSSR count). The zero-order valence-corrected chi connectivity index (χ0v) is 18.3. The molecule has 2 aromatic rings. The number of benzene rings is 2. The Morgan fingerprint density at radius 1 is 1.06 bits per heavy atom. The zero-order chi connectivity index (χ0) is 22.2. The highest BCUT2D eigenvalue weighted by molar-refractivity contribution is 5.88. The van der Waals surface area contributed by atoms with Crippen molar-refractivity contribution in [2.45, 2.75) is 64.1 Å². The van der Waals surface area contributed by atoms with E-state index in [0.717, 1.165) is 42.6 Å². The Morgan fingerprint density at radius 2 is 1.68 bits per heavy atom. The number of hydrogen-bond donors (Lipinski definition) is 1. The van der Waals surface area contributed by atoms with Crippen LogP contribution in [0.4, 0.5) is 4.39 Å². The number of methoxy groups -OCH3 is 1. The molecule has 0 aromatic heterocycles. The van der Waals surface area contributed by atoms with E-state index >= 15 is 0 Å². The van der Waals surface area contributed by atoms with E-state index < -0.39 is 6.04 Å². The van der Waals surface area contributed by atoms with Crippen molar-refractivity contribution in [3.8, 4) is 5.75 Å². The summed E-state index contributed by atoms with van der Waals surface area (Å²) < 4.78 is 18.5. The highest BCUT2D eigenvalue weighted by Gasteiger charge is 2.30. The van der Waals surface area contributed by atoms with E-state index in [1.165, 1.54) is 12.1 Å². The summed E-state index contributed by atoms with van der Waals surface area (Å²) >= 11 is 0. The van der Waals surface area contributed by atoms with Crippen LogP contribution in [0, 0.1) is 5.82 Å². The highest BCUT2D eigenvalue weighted by Crippen LogP contribution is 2.20. The summed E-state index contributed by atoms with van der Waals surface area (Å²) in [6.07, 6.45) is 4.90. The second-order valence-corrected chi connectivity index (χ2v) is 8.09. The van der Waals surface area contributed by atoms with Crippen LogP contribution in [0.3, 0.4) is 0 Å². The summed E-state index contributed by atoms with van der Waals surface area (Å²) in [7, 11) is 1.60. The summed E-state index contributed by atoms with van der Waals surface area (Å²) in [6.45, 7) is 2.17. The van der Waals surface area contributed by atoms with Crippen LogP contribution in [-0.4, -0.2) is 35.9 Å². The van der Waals surface area contributed by atoms with Crippen LogP contribution in [0.25, 0.3) is 0 Å². The molecule has 1 aliphatic rings. The molecule has 1 N–H and O–H groups in total. The Labute approximate surface area is 183 Å². The average molecular weight is 427 g/mol. The lowest BCUT2D eigenvalue weighted by Crippen LogP contribution is -2.51. The number of carbonyl (C=O) groups excluding carboxylic acids is 2. The number of halogens is 1. The van der Waals surface area contributed by atoms with Crippen molar-refractivity contribution in [3.63, 3.8) is 0 Å². The molecule has 1 atom stereocenters. The number of amides is 2. The van der Waals surface area contributed by atoms with Gasteiger partial charge in [0.05, 0.1) is 13.5 Å². The van der Waals surface area contributed by atoms with Crippen LogP contribution in [0.15, 0.2) is 48.5 Å². The molecule has 31 heavy (non-hydrogen) atoms. The van der Waals surface area contributed by atoms with Gasteiger partial charge in [0, 0.05) is 12.6 Å². The first kappa shape index (κ1) is 22.8. The molecule has 0 heterocycles. The summed E-state index contributed by atoms with van der Waals surface area (Å²) in [4.78, 5) is 28.0. The van der Waals surface area contributed by atoms with E-state index in [-0.39, 0.29) is 36.6 Å². The Morgan fingerprint density at radius 3 is 2.26 bits per heavy atom. The highest BCUT2D eigenvalue weighted by atomic mass is 19.1. The van der Waals surface area contributed by atoms with Crippen molar-refractivity contribution in [1.82, 2.24) is 10.2 Å². The molecule has 1 saturated carbocycles. The first-order valence-electron chi connectivity index (χ1n) is 11.0. The minimum atomic E-state index is -0.573. The van der Waals surface area contributed by atoms with Crippen molar-refractivity contribution in [1.29, 1.82) is 0 Å². The third-order valence-corrected chi connectivity index (χ3v) is 5.87. The lowest BCUT2D eigenvalue weighted by Gasteiger charge is -2.31. The van der Waals surface area contributed by atoms with Gasteiger partial charge in [-0.2, -0.15) is 0 Å². The normalized spacial score (nSPS) is 14.8. The fraction of sp³-hybridized carbons (Fsp3) is 0.440. The van der Waals surface area contributed by atoms with E-state index in [9.17, 15) is 14.0 Å². The number of carbonyl (C=O) groups is 2. The van der Waals surface area contributed by atoms with Gasteiger partial charge in [0.2, 0.25) is 11.8 Å². The average Bonchev–Trinajstić information content (AvgIpc) is 3.28. The van der Waals surface area contributed by atoms with Gasteiger partial charge >= 0.3 is 0 Å². The molecule has 0 saturated heterocycles. The van der Waals surface area contributed by atoms with E-state index in [2.05, 4.69) is 5.32 Å². The first-order valence-corrected chi connectivity index (χ1v) is 11.0. The van der Waals surface area contributed by atoms with E-state index in [1.807, 2.05) is 31.2 Å². The Balaban J connectivity index is 1.79. The molecular weight excluding hydrogens is 395 g/mol. The largest absolute Gasteiger partial charge is 0.497 e. The van der Waals surface area contributed by atoms with Crippen LogP contribution in [-0.2, 0) is 22.6 Å². The van der Waals surface area contributed by atoms with Gasteiger partial charge in [0.15, 0.2) is 0 Å². The summed E-state index contributed by atoms with van der Waals surface area (Å²) in [6, 6.07) is 13.0. The molecular formula is C25H31FN2O3. The quantitative estimate of drug-likeness (QED) is 0.652. The molecule has 2 amide bonds. The molecule has 0 unspecified atom stereocenters. The lowest BCUT2D eigenvalue weighted by molar-refractivity contribution is -0.141. The smallest absolute Gasteiger partial charge is 0.243 e. The fourth-order valence-corrected chi connectivity index (χ4v) is 4.09. The van der Waals surface area contributed by atoms with Crippen LogP contribution in [0.5, 0.6) is 5.75 Å². The van der Waals surface area contributed by atoms with Gasteiger partial charge in [0.25, 0.3) is 0 Å². The Bertz CT molecular complexity index is 861. The molecule has 0 radical (unpaired) electrons. The minimum Gasteiger partial charge on any atom is -0.497 e. The molecule has 6 heteroatoms. The number of hydrogen-bond acceptors (Lipinski definition) is 3. The van der Waals surface area contributed by atoms with Gasteiger partial charge < -0.3 is 15.0 Å². The summed E-state index contributed by atoms with van der Waals surface area (Å²) in [5.41, 5.74) is 1.64. The predicted molar refractivity (Wildman–Crippen MR) is 118 cm³/mol. The standard InChI is InChI=1S/C25H31FN2O3/c1-3-23(25(30)27-21-6-4-5-7-21)28(17-19-8-12-20(26)13-9-19)24(29)16-18-10-14-22(31-2)15-11-18/h8-15,21,23H,3-7,16-17H2,1-2H3,(H,27,30)/t23-/m1/s1. The molecule has 166 valence electrons. The van der Waals surface area contributed by atoms with Crippen molar-refractivity contribution in [2.24, 2.45) is 0 Å². The summed E-state index contributed by atoms with van der Waals surface area (Å²) in [5, 5.41) is 3.13. The van der Waals surface area contributed by atoms with Crippen molar-refractivity contribution >= 4 is 11.8 Å².